The van der Waals surface area contributed by atoms with E-state index in [4.69, 9.17) is 9.53 Å². The molecule has 0 fully saturated rings. The van der Waals surface area contributed by atoms with Gasteiger partial charge in [-0.25, -0.2) is 0 Å². The maximum Gasteiger partial charge on any atom is 0.192 e. The van der Waals surface area contributed by atoms with Crippen LogP contribution in [0.1, 0.15) is 37.5 Å². The molecule has 18 heavy (non-hydrogen) atoms. The van der Waals surface area contributed by atoms with Crippen LogP contribution in [-0.4, -0.2) is 13.4 Å². The third-order valence-electron chi connectivity index (χ3n) is 3.98. The van der Waals surface area contributed by atoms with Gasteiger partial charge in [-0.3, -0.25) is 0 Å². The third-order valence-corrected chi connectivity index (χ3v) is 8.46. The molecule has 0 amide bonds. The van der Waals surface area contributed by atoms with E-state index in [1.165, 1.54) is 11.1 Å². The fourth-order valence-corrected chi connectivity index (χ4v) is 2.44. The number of aliphatic hydroxyl groups is 1. The van der Waals surface area contributed by atoms with Crippen LogP contribution >= 0.6 is 0 Å². The Labute approximate surface area is 112 Å². The second kappa shape index (κ2) is 5.55. The van der Waals surface area contributed by atoms with Crippen molar-refractivity contribution in [2.75, 3.05) is 0 Å². The Morgan fingerprint density at radius 1 is 1.22 bits per heavy atom. The van der Waals surface area contributed by atoms with Crippen molar-refractivity contribution in [1.82, 2.24) is 0 Å². The van der Waals surface area contributed by atoms with Gasteiger partial charge in [0.15, 0.2) is 8.32 Å². The van der Waals surface area contributed by atoms with E-state index in [0.29, 0.717) is 6.61 Å². The minimum atomic E-state index is -1.68. The molecule has 0 saturated heterocycles. The van der Waals surface area contributed by atoms with Crippen LogP contribution in [0.3, 0.4) is 0 Å². The summed E-state index contributed by atoms with van der Waals surface area (Å²) >= 11 is 0. The average Bonchev–Trinajstić information content (AvgIpc) is 2.25. The van der Waals surface area contributed by atoms with Gasteiger partial charge < -0.3 is 9.53 Å². The standard InChI is InChI=1S/C15H26O2Si/c1-12-9-13(10-16)7-8-14(12)11-17-18(5,6)15(2,3)4/h7-9,16H,10-11H2,1-6H3. The van der Waals surface area contributed by atoms with Crippen molar-refractivity contribution in [2.24, 2.45) is 0 Å². The summed E-state index contributed by atoms with van der Waals surface area (Å²) in [5.41, 5.74) is 3.38. The Bertz CT molecular complexity index is 405. The number of aryl methyl sites for hydroxylation is 1. The van der Waals surface area contributed by atoms with E-state index in [1.54, 1.807) is 0 Å². The number of hydrogen-bond acceptors (Lipinski definition) is 2. The molecule has 1 aromatic rings. The highest BCUT2D eigenvalue weighted by atomic mass is 28.4. The van der Waals surface area contributed by atoms with Crippen LogP contribution in [0.4, 0.5) is 0 Å². The molecule has 102 valence electrons. The van der Waals surface area contributed by atoms with Crippen LogP contribution < -0.4 is 0 Å². The molecule has 0 bridgehead atoms. The molecule has 0 atom stereocenters. The molecule has 3 heteroatoms. The van der Waals surface area contributed by atoms with Gasteiger partial charge in [-0.05, 0) is 41.7 Å². The zero-order valence-electron chi connectivity index (χ0n) is 12.5. The van der Waals surface area contributed by atoms with Gasteiger partial charge in [0.2, 0.25) is 0 Å². The summed E-state index contributed by atoms with van der Waals surface area (Å²) in [4.78, 5) is 0. The molecule has 0 spiro atoms. The smallest absolute Gasteiger partial charge is 0.192 e. The van der Waals surface area contributed by atoms with E-state index < -0.39 is 8.32 Å². The SMILES string of the molecule is Cc1cc(CO)ccc1CO[Si](C)(C)C(C)(C)C. The normalized spacial score (nSPS) is 12.8. The summed E-state index contributed by atoms with van der Waals surface area (Å²) in [7, 11) is -1.68. The molecule has 2 nitrogen and oxygen atoms in total. The van der Waals surface area contributed by atoms with Gasteiger partial charge in [-0.2, -0.15) is 0 Å². The summed E-state index contributed by atoms with van der Waals surface area (Å²) < 4.78 is 6.21. The monoisotopic (exact) mass is 266 g/mol. The molecule has 0 aliphatic heterocycles. The molecular formula is C15H26O2Si. The highest BCUT2D eigenvalue weighted by Gasteiger charge is 2.37. The van der Waals surface area contributed by atoms with Crippen LogP contribution in [0.2, 0.25) is 18.1 Å². The van der Waals surface area contributed by atoms with Gasteiger partial charge in [-0.15, -0.1) is 0 Å². The van der Waals surface area contributed by atoms with E-state index in [1.807, 2.05) is 12.1 Å². The summed E-state index contributed by atoms with van der Waals surface area (Å²) in [5, 5.41) is 9.34. The molecule has 1 rings (SSSR count). The van der Waals surface area contributed by atoms with Crippen molar-refractivity contribution < 1.29 is 9.53 Å². The zero-order chi connectivity index (χ0) is 14.0. The fourth-order valence-electron chi connectivity index (χ4n) is 1.49. The van der Waals surface area contributed by atoms with Gasteiger partial charge in [-0.1, -0.05) is 39.0 Å². The first kappa shape index (κ1) is 15.4. The van der Waals surface area contributed by atoms with Crippen molar-refractivity contribution in [1.29, 1.82) is 0 Å². The Morgan fingerprint density at radius 2 is 1.83 bits per heavy atom. The number of benzene rings is 1. The van der Waals surface area contributed by atoms with Crippen LogP contribution in [0.5, 0.6) is 0 Å². The first-order chi connectivity index (χ1) is 8.17. The van der Waals surface area contributed by atoms with E-state index in [-0.39, 0.29) is 11.6 Å². The molecule has 0 aliphatic rings. The zero-order valence-corrected chi connectivity index (χ0v) is 13.5. The average molecular weight is 266 g/mol. The third kappa shape index (κ3) is 3.67. The molecule has 0 aliphatic carbocycles. The first-order valence-electron chi connectivity index (χ1n) is 6.50. The number of hydrogen-bond donors (Lipinski definition) is 1. The molecule has 1 N–H and O–H groups in total. The highest BCUT2D eigenvalue weighted by molar-refractivity contribution is 6.74. The molecule has 0 aromatic heterocycles. The van der Waals surface area contributed by atoms with E-state index >= 15 is 0 Å². The maximum absolute atomic E-state index is 9.09. The topological polar surface area (TPSA) is 29.5 Å². The van der Waals surface area contributed by atoms with Crippen LogP contribution in [0, 0.1) is 6.92 Å². The van der Waals surface area contributed by atoms with Gasteiger partial charge in [0, 0.05) is 0 Å². The lowest BCUT2D eigenvalue weighted by molar-refractivity contribution is 0.274. The molecule has 1 aromatic carbocycles. The van der Waals surface area contributed by atoms with Crippen LogP contribution in [0.25, 0.3) is 0 Å². The van der Waals surface area contributed by atoms with Gasteiger partial charge in [0.1, 0.15) is 0 Å². The highest BCUT2D eigenvalue weighted by Crippen LogP contribution is 2.37. The van der Waals surface area contributed by atoms with E-state index in [0.717, 1.165) is 5.56 Å². The predicted molar refractivity (Wildman–Crippen MR) is 79.1 cm³/mol. The fraction of sp³-hybridized carbons (Fsp3) is 0.600. The second-order valence-electron chi connectivity index (χ2n) is 6.47. The lowest BCUT2D eigenvalue weighted by Crippen LogP contribution is -2.40. The molecule has 0 radical (unpaired) electrons. The van der Waals surface area contributed by atoms with Gasteiger partial charge >= 0.3 is 0 Å². The minimum absolute atomic E-state index is 0.101. The molecule has 0 saturated carbocycles. The Kier molecular flexibility index (Phi) is 4.76. The second-order valence-corrected chi connectivity index (χ2v) is 11.3. The molecule has 0 unspecified atom stereocenters. The number of aliphatic hydroxyl groups excluding tert-OH is 1. The minimum Gasteiger partial charge on any atom is -0.413 e. The summed E-state index contributed by atoms with van der Waals surface area (Å²) in [6, 6.07) is 6.07. The summed E-state index contributed by atoms with van der Waals surface area (Å²) in [6.45, 7) is 14.1. The predicted octanol–water partition coefficient (Wildman–Crippen LogP) is 4.01. The Morgan fingerprint density at radius 3 is 2.28 bits per heavy atom. The van der Waals surface area contributed by atoms with Crippen molar-refractivity contribution >= 4 is 8.32 Å². The number of rotatable bonds is 4. The van der Waals surface area contributed by atoms with Crippen LogP contribution in [0.15, 0.2) is 18.2 Å². The lowest BCUT2D eigenvalue weighted by atomic mass is 10.1. The molecular weight excluding hydrogens is 240 g/mol. The molecule has 0 heterocycles. The van der Waals surface area contributed by atoms with Gasteiger partial charge in [0.25, 0.3) is 0 Å². The van der Waals surface area contributed by atoms with Crippen molar-refractivity contribution in [3.63, 3.8) is 0 Å². The van der Waals surface area contributed by atoms with Crippen molar-refractivity contribution in [2.45, 2.75) is 59.0 Å². The van der Waals surface area contributed by atoms with E-state index in [2.05, 4.69) is 46.9 Å². The van der Waals surface area contributed by atoms with Crippen LogP contribution in [-0.2, 0) is 17.6 Å². The Balaban J connectivity index is 2.75. The first-order valence-corrected chi connectivity index (χ1v) is 9.41. The Hall–Kier alpha value is -0.643. The van der Waals surface area contributed by atoms with E-state index in [9.17, 15) is 0 Å². The summed E-state index contributed by atoms with van der Waals surface area (Å²) in [5.74, 6) is 0. The van der Waals surface area contributed by atoms with Crippen molar-refractivity contribution in [3.8, 4) is 0 Å². The quantitative estimate of drug-likeness (QED) is 0.834. The van der Waals surface area contributed by atoms with Crippen molar-refractivity contribution in [3.05, 3.63) is 34.9 Å². The maximum atomic E-state index is 9.09. The largest absolute Gasteiger partial charge is 0.413 e. The van der Waals surface area contributed by atoms with Gasteiger partial charge in [0.05, 0.1) is 13.2 Å². The lowest BCUT2D eigenvalue weighted by Gasteiger charge is -2.36. The summed E-state index contributed by atoms with van der Waals surface area (Å²) in [6.07, 6.45) is 0.